The van der Waals surface area contributed by atoms with Gasteiger partial charge in [0.15, 0.2) is 17.5 Å². The van der Waals surface area contributed by atoms with Gasteiger partial charge in [-0.25, -0.2) is 15.0 Å². The first kappa shape index (κ1) is 30.4. The van der Waals surface area contributed by atoms with Gasteiger partial charge in [-0.2, -0.15) is 0 Å². The van der Waals surface area contributed by atoms with Crippen LogP contribution in [0.15, 0.2) is 186 Å². The lowest BCUT2D eigenvalue weighted by atomic mass is 9.99. The summed E-state index contributed by atoms with van der Waals surface area (Å²) in [5, 5.41) is 0. The molecule has 7 aromatic carbocycles. The summed E-state index contributed by atoms with van der Waals surface area (Å²) in [5.74, 6) is 1.91. The number of rotatable bonds is 7. The Labute approximate surface area is 294 Å². The van der Waals surface area contributed by atoms with Crippen LogP contribution in [-0.4, -0.2) is 15.0 Å². The second-order valence-corrected chi connectivity index (χ2v) is 12.8. The van der Waals surface area contributed by atoms with E-state index in [0.717, 1.165) is 43.4 Å². The second kappa shape index (κ2) is 13.6. The van der Waals surface area contributed by atoms with Gasteiger partial charge in [0.2, 0.25) is 0 Å². The van der Waals surface area contributed by atoms with E-state index in [4.69, 9.17) is 15.0 Å². The van der Waals surface area contributed by atoms with Crippen LogP contribution in [0.2, 0.25) is 0 Å². The maximum absolute atomic E-state index is 5.00. The van der Waals surface area contributed by atoms with Crippen molar-refractivity contribution in [2.24, 2.45) is 0 Å². The minimum Gasteiger partial charge on any atom is -0.208 e. The number of halogens is 1. The Balaban J connectivity index is 1.13. The standard InChI is InChI=1S/C45H30BrN3/c46-42-29-27-38(28-30-42)36-13-11-35(12-14-36)37-19-25-41(26-20-37)45-48-43(39-21-15-33(16-22-39)31-7-3-1-4-8-31)47-44(49-45)40-23-17-34(18-24-40)32-9-5-2-6-10-32/h1-30H. The van der Waals surface area contributed by atoms with Crippen LogP contribution in [-0.2, 0) is 0 Å². The van der Waals surface area contributed by atoms with Gasteiger partial charge in [-0.05, 0) is 56.6 Å². The van der Waals surface area contributed by atoms with Gasteiger partial charge in [0.05, 0.1) is 0 Å². The Morgan fingerprint density at radius 1 is 0.224 bits per heavy atom. The van der Waals surface area contributed by atoms with Gasteiger partial charge >= 0.3 is 0 Å². The van der Waals surface area contributed by atoms with E-state index in [-0.39, 0.29) is 0 Å². The quantitative estimate of drug-likeness (QED) is 0.167. The number of nitrogens with zero attached hydrogens (tertiary/aromatic N) is 3. The number of benzene rings is 7. The van der Waals surface area contributed by atoms with Crippen LogP contribution >= 0.6 is 15.9 Å². The summed E-state index contributed by atoms with van der Waals surface area (Å²) >= 11 is 3.52. The maximum Gasteiger partial charge on any atom is 0.164 e. The normalized spacial score (nSPS) is 11.0. The SMILES string of the molecule is Brc1ccc(-c2ccc(-c3ccc(-c4nc(-c5ccc(-c6ccccc6)cc5)nc(-c5ccc(-c6ccccc6)cc5)n4)cc3)cc2)cc1. The molecular formula is C45H30BrN3. The van der Waals surface area contributed by atoms with Crippen LogP contribution in [0, 0.1) is 0 Å². The Bertz CT molecular complexity index is 2220. The fraction of sp³-hybridized carbons (Fsp3) is 0. The van der Waals surface area contributed by atoms with E-state index in [1.165, 1.54) is 22.3 Å². The molecule has 0 spiro atoms. The molecule has 0 saturated carbocycles. The second-order valence-electron chi connectivity index (χ2n) is 11.9. The van der Waals surface area contributed by atoms with Crippen LogP contribution in [0.4, 0.5) is 0 Å². The van der Waals surface area contributed by atoms with E-state index in [1.807, 2.05) is 12.1 Å². The van der Waals surface area contributed by atoms with Gasteiger partial charge in [0.25, 0.3) is 0 Å². The van der Waals surface area contributed by atoms with Gasteiger partial charge < -0.3 is 0 Å². The summed E-state index contributed by atoms with van der Waals surface area (Å²) in [5.41, 5.74) is 12.1. The van der Waals surface area contributed by atoms with Crippen molar-refractivity contribution in [3.05, 3.63) is 186 Å². The zero-order valence-electron chi connectivity index (χ0n) is 26.5. The Morgan fingerprint density at radius 3 is 0.694 bits per heavy atom. The van der Waals surface area contributed by atoms with E-state index in [2.05, 4.69) is 186 Å². The van der Waals surface area contributed by atoms with Gasteiger partial charge in [0, 0.05) is 21.2 Å². The molecule has 0 bridgehead atoms. The van der Waals surface area contributed by atoms with Crippen LogP contribution in [0.25, 0.3) is 78.7 Å². The van der Waals surface area contributed by atoms with Crippen molar-refractivity contribution in [3.8, 4) is 78.7 Å². The van der Waals surface area contributed by atoms with E-state index >= 15 is 0 Å². The van der Waals surface area contributed by atoms with E-state index < -0.39 is 0 Å². The lowest BCUT2D eigenvalue weighted by Crippen LogP contribution is -2.00. The summed E-state index contributed by atoms with van der Waals surface area (Å²) in [6, 6.07) is 63.1. The van der Waals surface area contributed by atoms with Crippen molar-refractivity contribution in [2.45, 2.75) is 0 Å². The molecule has 0 atom stereocenters. The van der Waals surface area contributed by atoms with Gasteiger partial charge in [-0.1, -0.05) is 186 Å². The highest BCUT2D eigenvalue weighted by Crippen LogP contribution is 2.31. The molecule has 8 aromatic rings. The fourth-order valence-corrected chi connectivity index (χ4v) is 6.22. The minimum absolute atomic E-state index is 0.636. The molecular weight excluding hydrogens is 662 g/mol. The molecule has 0 aliphatic heterocycles. The van der Waals surface area contributed by atoms with E-state index in [1.54, 1.807) is 0 Å². The maximum atomic E-state index is 5.00. The van der Waals surface area contributed by atoms with Crippen molar-refractivity contribution in [2.75, 3.05) is 0 Å². The Morgan fingerprint density at radius 2 is 0.429 bits per heavy atom. The van der Waals surface area contributed by atoms with Crippen LogP contribution in [0.1, 0.15) is 0 Å². The number of hydrogen-bond acceptors (Lipinski definition) is 3. The molecule has 0 N–H and O–H groups in total. The molecule has 0 unspecified atom stereocenters. The zero-order valence-corrected chi connectivity index (χ0v) is 28.1. The first-order chi connectivity index (χ1) is 24.2. The lowest BCUT2D eigenvalue weighted by molar-refractivity contribution is 1.07. The third kappa shape index (κ3) is 6.73. The molecule has 8 rings (SSSR count). The van der Waals surface area contributed by atoms with Gasteiger partial charge in [-0.15, -0.1) is 0 Å². The highest BCUT2D eigenvalue weighted by atomic mass is 79.9. The molecule has 0 fully saturated rings. The van der Waals surface area contributed by atoms with E-state index in [0.29, 0.717) is 17.5 Å². The molecule has 1 heterocycles. The summed E-state index contributed by atoms with van der Waals surface area (Å²) < 4.78 is 1.08. The van der Waals surface area contributed by atoms with E-state index in [9.17, 15) is 0 Å². The van der Waals surface area contributed by atoms with Crippen molar-refractivity contribution in [1.82, 2.24) is 15.0 Å². The third-order valence-corrected chi connectivity index (χ3v) is 9.20. The van der Waals surface area contributed by atoms with Crippen molar-refractivity contribution < 1.29 is 0 Å². The smallest absolute Gasteiger partial charge is 0.164 e. The molecule has 4 heteroatoms. The topological polar surface area (TPSA) is 38.7 Å². The largest absolute Gasteiger partial charge is 0.208 e. The highest BCUT2D eigenvalue weighted by Gasteiger charge is 2.13. The monoisotopic (exact) mass is 691 g/mol. The predicted octanol–water partition coefficient (Wildman–Crippen LogP) is 12.3. The molecule has 0 amide bonds. The predicted molar refractivity (Wildman–Crippen MR) is 206 cm³/mol. The van der Waals surface area contributed by atoms with Crippen molar-refractivity contribution in [3.63, 3.8) is 0 Å². The summed E-state index contributed by atoms with van der Waals surface area (Å²) in [4.78, 5) is 15.0. The van der Waals surface area contributed by atoms with Gasteiger partial charge in [0.1, 0.15) is 0 Å². The summed E-state index contributed by atoms with van der Waals surface area (Å²) in [6.45, 7) is 0. The van der Waals surface area contributed by atoms with Crippen molar-refractivity contribution in [1.29, 1.82) is 0 Å². The van der Waals surface area contributed by atoms with Crippen LogP contribution in [0.3, 0.4) is 0 Å². The molecule has 1 aromatic heterocycles. The Hall–Kier alpha value is -5.97. The fourth-order valence-electron chi connectivity index (χ4n) is 5.96. The minimum atomic E-state index is 0.636. The average molecular weight is 693 g/mol. The lowest BCUT2D eigenvalue weighted by Gasteiger charge is -2.10. The zero-order chi connectivity index (χ0) is 33.0. The first-order valence-corrected chi connectivity index (χ1v) is 17.0. The van der Waals surface area contributed by atoms with Gasteiger partial charge in [-0.3, -0.25) is 0 Å². The molecule has 232 valence electrons. The highest BCUT2D eigenvalue weighted by molar-refractivity contribution is 9.10. The van der Waals surface area contributed by atoms with Crippen LogP contribution in [0.5, 0.6) is 0 Å². The third-order valence-electron chi connectivity index (χ3n) is 8.67. The molecule has 0 aliphatic rings. The molecule has 0 radical (unpaired) electrons. The molecule has 0 aliphatic carbocycles. The number of hydrogen-bond donors (Lipinski definition) is 0. The van der Waals surface area contributed by atoms with Crippen LogP contribution < -0.4 is 0 Å². The molecule has 3 nitrogen and oxygen atoms in total. The Kier molecular flexibility index (Phi) is 8.45. The summed E-state index contributed by atoms with van der Waals surface area (Å²) in [6.07, 6.45) is 0. The molecule has 0 saturated heterocycles. The average Bonchev–Trinajstić information content (AvgIpc) is 3.19. The number of aromatic nitrogens is 3. The summed E-state index contributed by atoms with van der Waals surface area (Å²) in [7, 11) is 0. The van der Waals surface area contributed by atoms with Crippen molar-refractivity contribution >= 4 is 15.9 Å². The molecule has 49 heavy (non-hydrogen) atoms. The first-order valence-electron chi connectivity index (χ1n) is 16.2.